The summed E-state index contributed by atoms with van der Waals surface area (Å²) in [6, 6.07) is 16.1. The Morgan fingerprint density at radius 2 is 1.79 bits per heavy atom. The molecule has 2 heteroatoms. The van der Waals surface area contributed by atoms with Gasteiger partial charge in [-0.15, -0.1) is 0 Å². The second kappa shape index (κ2) is 9.34. The molecule has 0 aliphatic carbocycles. The fourth-order valence-electron chi connectivity index (χ4n) is 2.64. The Labute approximate surface area is 150 Å². The molecular weight excluding hydrogens is 314 g/mol. The Balaban J connectivity index is 2.23. The zero-order valence-electron chi connectivity index (χ0n) is 14.6. The van der Waals surface area contributed by atoms with Crippen LogP contribution in [-0.4, -0.2) is 0 Å². The molecule has 2 rings (SSSR count). The predicted octanol–water partition coefficient (Wildman–Crippen LogP) is 6.48. The lowest BCUT2D eigenvalue weighted by molar-refractivity contribution is 0.784. The number of halogens is 1. The van der Waals surface area contributed by atoms with Crippen LogP contribution in [0.3, 0.4) is 0 Å². The molecule has 126 valence electrons. The van der Waals surface area contributed by atoms with Gasteiger partial charge in [-0.3, -0.25) is 0 Å². The van der Waals surface area contributed by atoms with Gasteiger partial charge in [0.15, 0.2) is 0 Å². The van der Waals surface area contributed by atoms with E-state index in [-0.39, 0.29) is 0 Å². The zero-order valence-corrected chi connectivity index (χ0v) is 15.3. The molecule has 0 bridgehead atoms. The van der Waals surface area contributed by atoms with E-state index in [1.807, 2.05) is 36.4 Å². The molecule has 2 aromatic carbocycles. The number of nitrogens with two attached hydrogens (primary N) is 1. The van der Waals surface area contributed by atoms with Gasteiger partial charge in [-0.05, 0) is 49.5 Å². The molecular formula is C22H26ClN. The molecule has 2 N–H and O–H groups in total. The van der Waals surface area contributed by atoms with E-state index in [0.717, 1.165) is 17.5 Å². The zero-order chi connectivity index (χ0) is 17.4. The minimum absolute atomic E-state index is 0.680. The smallest absolute Gasteiger partial charge is 0.0499 e. The molecule has 0 aliphatic heterocycles. The molecule has 2 aromatic rings. The maximum Gasteiger partial charge on any atom is 0.0499 e. The summed E-state index contributed by atoms with van der Waals surface area (Å²) in [5, 5.41) is 0.680. The van der Waals surface area contributed by atoms with E-state index in [9.17, 15) is 0 Å². The topological polar surface area (TPSA) is 26.0 Å². The van der Waals surface area contributed by atoms with Crippen LogP contribution in [0.15, 0.2) is 60.2 Å². The molecule has 0 radical (unpaired) electrons. The number of hydrogen-bond acceptors (Lipinski definition) is 1. The highest BCUT2D eigenvalue weighted by molar-refractivity contribution is 6.32. The van der Waals surface area contributed by atoms with E-state index in [1.165, 1.54) is 30.4 Å². The monoisotopic (exact) mass is 339 g/mol. The standard InChI is InChI=1S/C22H26ClN/c1-3-4-9-17(2)14-15-18-10-5-6-11-19(18)16-22(24)20-12-7-8-13-21(20)23/h5-8,10-14,16H,3-4,9,15,24H2,1-2H3/b17-14+,22-16-. The van der Waals surface area contributed by atoms with Crippen molar-refractivity contribution in [3.8, 4) is 0 Å². The third-order valence-corrected chi connectivity index (χ3v) is 4.48. The lowest BCUT2D eigenvalue weighted by atomic mass is 10.00. The second-order valence-corrected chi connectivity index (χ2v) is 6.54. The second-order valence-electron chi connectivity index (χ2n) is 6.14. The Hall–Kier alpha value is -1.99. The van der Waals surface area contributed by atoms with E-state index in [2.05, 4.69) is 38.1 Å². The number of unbranched alkanes of at least 4 members (excludes halogenated alkanes) is 1. The average Bonchev–Trinajstić information content (AvgIpc) is 2.59. The van der Waals surface area contributed by atoms with Crippen molar-refractivity contribution in [1.82, 2.24) is 0 Å². The molecule has 0 aliphatic rings. The minimum Gasteiger partial charge on any atom is -0.398 e. The van der Waals surface area contributed by atoms with Crippen LogP contribution in [0.2, 0.25) is 5.02 Å². The van der Waals surface area contributed by atoms with E-state index in [0.29, 0.717) is 10.7 Å². The van der Waals surface area contributed by atoms with Gasteiger partial charge in [-0.1, -0.05) is 79.1 Å². The van der Waals surface area contributed by atoms with Gasteiger partial charge in [0.25, 0.3) is 0 Å². The summed E-state index contributed by atoms with van der Waals surface area (Å²) in [6.07, 6.45) is 8.94. The van der Waals surface area contributed by atoms with E-state index in [4.69, 9.17) is 17.3 Å². The van der Waals surface area contributed by atoms with Crippen LogP contribution in [-0.2, 0) is 6.42 Å². The van der Waals surface area contributed by atoms with Crippen LogP contribution in [0.25, 0.3) is 11.8 Å². The SMILES string of the molecule is CCCC/C(C)=C/Cc1ccccc1/C=C(\N)c1ccccc1Cl. The number of allylic oxidation sites excluding steroid dienone is 2. The van der Waals surface area contributed by atoms with Crippen LogP contribution < -0.4 is 5.73 Å². The Bertz CT molecular complexity index is 728. The maximum atomic E-state index is 6.28. The third kappa shape index (κ3) is 5.28. The molecule has 0 atom stereocenters. The largest absolute Gasteiger partial charge is 0.398 e. The van der Waals surface area contributed by atoms with Crippen molar-refractivity contribution in [3.05, 3.63) is 81.9 Å². The fourth-order valence-corrected chi connectivity index (χ4v) is 2.89. The van der Waals surface area contributed by atoms with Gasteiger partial charge >= 0.3 is 0 Å². The number of hydrogen-bond donors (Lipinski definition) is 1. The van der Waals surface area contributed by atoms with E-state index < -0.39 is 0 Å². The summed E-state index contributed by atoms with van der Waals surface area (Å²) < 4.78 is 0. The van der Waals surface area contributed by atoms with Gasteiger partial charge in [-0.2, -0.15) is 0 Å². The Kier molecular flexibility index (Phi) is 7.14. The first-order chi connectivity index (χ1) is 11.6. The van der Waals surface area contributed by atoms with Gasteiger partial charge in [0.05, 0.1) is 0 Å². The van der Waals surface area contributed by atoms with Crippen LogP contribution >= 0.6 is 11.6 Å². The van der Waals surface area contributed by atoms with Crippen molar-refractivity contribution in [2.24, 2.45) is 5.73 Å². The summed E-state index contributed by atoms with van der Waals surface area (Å²) in [6.45, 7) is 4.44. The van der Waals surface area contributed by atoms with Gasteiger partial charge in [0.2, 0.25) is 0 Å². The van der Waals surface area contributed by atoms with Crippen molar-refractivity contribution in [2.75, 3.05) is 0 Å². The molecule has 0 spiro atoms. The maximum absolute atomic E-state index is 6.28. The van der Waals surface area contributed by atoms with Crippen LogP contribution in [0, 0.1) is 0 Å². The summed E-state index contributed by atoms with van der Waals surface area (Å²) >= 11 is 6.25. The first-order valence-electron chi connectivity index (χ1n) is 8.57. The molecule has 0 amide bonds. The van der Waals surface area contributed by atoms with Crippen LogP contribution in [0.5, 0.6) is 0 Å². The molecule has 0 aromatic heterocycles. The minimum atomic E-state index is 0.680. The highest BCUT2D eigenvalue weighted by Gasteiger charge is 2.04. The van der Waals surface area contributed by atoms with Gasteiger partial charge < -0.3 is 5.73 Å². The molecule has 0 fully saturated rings. The van der Waals surface area contributed by atoms with Crippen molar-refractivity contribution in [2.45, 2.75) is 39.5 Å². The number of benzene rings is 2. The molecule has 0 unspecified atom stereocenters. The summed E-state index contributed by atoms with van der Waals surface area (Å²) in [4.78, 5) is 0. The lowest BCUT2D eigenvalue weighted by Gasteiger charge is -2.08. The highest BCUT2D eigenvalue weighted by Crippen LogP contribution is 2.23. The number of rotatable bonds is 7. The first-order valence-corrected chi connectivity index (χ1v) is 8.95. The first kappa shape index (κ1) is 18.4. The normalized spacial score (nSPS) is 12.5. The van der Waals surface area contributed by atoms with Crippen molar-refractivity contribution in [1.29, 1.82) is 0 Å². The quantitative estimate of drug-likeness (QED) is 0.453. The van der Waals surface area contributed by atoms with Crippen molar-refractivity contribution in [3.63, 3.8) is 0 Å². The van der Waals surface area contributed by atoms with E-state index in [1.54, 1.807) is 0 Å². The van der Waals surface area contributed by atoms with E-state index >= 15 is 0 Å². The third-order valence-electron chi connectivity index (χ3n) is 4.15. The molecule has 0 saturated heterocycles. The fraction of sp³-hybridized carbons (Fsp3) is 0.273. The van der Waals surface area contributed by atoms with Crippen LogP contribution in [0.4, 0.5) is 0 Å². The molecule has 0 heterocycles. The lowest BCUT2D eigenvalue weighted by Crippen LogP contribution is -1.98. The Morgan fingerprint density at radius 1 is 1.08 bits per heavy atom. The van der Waals surface area contributed by atoms with Gasteiger partial charge in [-0.25, -0.2) is 0 Å². The highest BCUT2D eigenvalue weighted by atomic mass is 35.5. The molecule has 24 heavy (non-hydrogen) atoms. The summed E-state index contributed by atoms with van der Waals surface area (Å²) in [7, 11) is 0. The summed E-state index contributed by atoms with van der Waals surface area (Å²) in [5.74, 6) is 0. The Morgan fingerprint density at radius 3 is 2.54 bits per heavy atom. The van der Waals surface area contributed by atoms with Crippen LogP contribution in [0.1, 0.15) is 49.8 Å². The summed E-state index contributed by atoms with van der Waals surface area (Å²) in [5.41, 5.74) is 11.7. The van der Waals surface area contributed by atoms with Crippen molar-refractivity contribution >= 4 is 23.4 Å². The van der Waals surface area contributed by atoms with Gasteiger partial charge in [0, 0.05) is 16.3 Å². The van der Waals surface area contributed by atoms with Gasteiger partial charge in [0.1, 0.15) is 0 Å². The molecule has 1 nitrogen and oxygen atoms in total. The average molecular weight is 340 g/mol. The van der Waals surface area contributed by atoms with Crippen molar-refractivity contribution < 1.29 is 0 Å². The molecule has 0 saturated carbocycles. The predicted molar refractivity (Wildman–Crippen MR) is 107 cm³/mol.